The van der Waals surface area contributed by atoms with Crippen LogP contribution >= 0.6 is 11.6 Å². The molecule has 0 aliphatic heterocycles. The van der Waals surface area contributed by atoms with E-state index in [1.165, 1.54) is 12.1 Å². The molecule has 0 aliphatic carbocycles. The van der Waals surface area contributed by atoms with Gasteiger partial charge in [0.1, 0.15) is 12.4 Å². The van der Waals surface area contributed by atoms with Crippen molar-refractivity contribution < 1.29 is 13.9 Å². The van der Waals surface area contributed by atoms with Crippen molar-refractivity contribution >= 4 is 23.2 Å². The van der Waals surface area contributed by atoms with Gasteiger partial charge in [0.2, 0.25) is 5.91 Å². The highest BCUT2D eigenvalue weighted by Gasteiger charge is 2.06. The maximum atomic E-state index is 12.8. The van der Waals surface area contributed by atoms with Gasteiger partial charge in [0.05, 0.1) is 17.3 Å². The van der Waals surface area contributed by atoms with Crippen molar-refractivity contribution in [1.29, 1.82) is 0 Å². The first-order chi connectivity index (χ1) is 7.63. The fourth-order valence-electron chi connectivity index (χ4n) is 1.03. The average molecular weight is 247 g/mol. The summed E-state index contributed by atoms with van der Waals surface area (Å²) in [5.74, 6) is -0.872. The molecule has 0 atom stereocenters. The average Bonchev–Trinajstić information content (AvgIpc) is 2.24. The highest BCUT2D eigenvalue weighted by atomic mass is 35.5. The molecule has 0 aromatic heterocycles. The number of ether oxygens (including phenoxy) is 1. The van der Waals surface area contributed by atoms with E-state index < -0.39 is 11.7 Å². The Morgan fingerprint density at radius 3 is 3.00 bits per heavy atom. The second kappa shape index (κ2) is 6.42. The largest absolute Gasteiger partial charge is 0.370 e. The van der Waals surface area contributed by atoms with E-state index in [4.69, 9.17) is 22.1 Å². The highest BCUT2D eigenvalue weighted by molar-refractivity contribution is 6.33. The fraction of sp³-hybridized carbons (Fsp3) is 0.300. The van der Waals surface area contributed by atoms with Gasteiger partial charge in [-0.25, -0.2) is 4.39 Å². The number of anilines is 1. The van der Waals surface area contributed by atoms with Crippen molar-refractivity contribution in [2.24, 2.45) is 5.73 Å². The second-order valence-corrected chi connectivity index (χ2v) is 3.42. The lowest BCUT2D eigenvalue weighted by Gasteiger charge is -2.07. The van der Waals surface area contributed by atoms with Crippen molar-refractivity contribution in [3.05, 3.63) is 29.0 Å². The fourth-order valence-corrected chi connectivity index (χ4v) is 1.19. The summed E-state index contributed by atoms with van der Waals surface area (Å²) in [7, 11) is 0. The number of carbonyl (C=O) groups excluding carboxylic acids is 1. The van der Waals surface area contributed by atoms with E-state index in [1.807, 2.05) is 0 Å². The highest BCUT2D eigenvalue weighted by Crippen LogP contribution is 2.22. The van der Waals surface area contributed by atoms with Crippen LogP contribution in [0.15, 0.2) is 18.2 Å². The third-order valence-corrected chi connectivity index (χ3v) is 2.03. The number of halogens is 2. The molecule has 0 radical (unpaired) electrons. The first kappa shape index (κ1) is 12.9. The summed E-state index contributed by atoms with van der Waals surface area (Å²) in [6.45, 7) is 0.502. The van der Waals surface area contributed by atoms with Gasteiger partial charge in [-0.3, -0.25) is 4.79 Å². The Balaban J connectivity index is 2.52. The Morgan fingerprint density at radius 1 is 1.56 bits per heavy atom. The SMILES string of the molecule is NCCOCC(=O)Nc1cc(F)ccc1Cl. The minimum absolute atomic E-state index is 0.135. The molecule has 1 amide bonds. The summed E-state index contributed by atoms with van der Waals surface area (Å²) in [5.41, 5.74) is 5.41. The standard InChI is InChI=1S/C10H12ClFN2O2/c11-8-2-1-7(12)5-9(8)14-10(15)6-16-4-3-13/h1-2,5H,3-4,6,13H2,(H,14,15). The van der Waals surface area contributed by atoms with E-state index in [-0.39, 0.29) is 17.3 Å². The van der Waals surface area contributed by atoms with Crippen LogP contribution in [0.1, 0.15) is 0 Å². The molecule has 0 heterocycles. The van der Waals surface area contributed by atoms with Gasteiger partial charge in [-0.05, 0) is 18.2 Å². The summed E-state index contributed by atoms with van der Waals surface area (Å²) in [5, 5.41) is 2.71. The predicted molar refractivity (Wildman–Crippen MR) is 59.9 cm³/mol. The molecule has 0 bridgehead atoms. The minimum Gasteiger partial charge on any atom is -0.370 e. The Morgan fingerprint density at radius 2 is 2.31 bits per heavy atom. The number of hydrogen-bond acceptors (Lipinski definition) is 3. The molecule has 16 heavy (non-hydrogen) atoms. The van der Waals surface area contributed by atoms with Crippen LogP contribution in [0.5, 0.6) is 0 Å². The smallest absolute Gasteiger partial charge is 0.250 e. The monoisotopic (exact) mass is 246 g/mol. The van der Waals surface area contributed by atoms with Crippen LogP contribution in [0.25, 0.3) is 0 Å². The van der Waals surface area contributed by atoms with Crippen molar-refractivity contribution in [3.8, 4) is 0 Å². The predicted octanol–water partition coefficient (Wildman–Crippen LogP) is 1.39. The number of rotatable bonds is 5. The van der Waals surface area contributed by atoms with Gasteiger partial charge in [-0.15, -0.1) is 0 Å². The molecule has 3 N–H and O–H groups in total. The molecular weight excluding hydrogens is 235 g/mol. The zero-order valence-corrected chi connectivity index (χ0v) is 9.26. The molecule has 0 spiro atoms. The van der Waals surface area contributed by atoms with Gasteiger partial charge in [-0.1, -0.05) is 11.6 Å². The third-order valence-electron chi connectivity index (χ3n) is 1.70. The van der Waals surface area contributed by atoms with E-state index in [2.05, 4.69) is 5.32 Å². The molecule has 4 nitrogen and oxygen atoms in total. The lowest BCUT2D eigenvalue weighted by atomic mass is 10.3. The number of amides is 1. The number of nitrogens with one attached hydrogen (secondary N) is 1. The van der Waals surface area contributed by atoms with Crippen molar-refractivity contribution in [1.82, 2.24) is 0 Å². The summed E-state index contributed by atoms with van der Waals surface area (Å²) >= 11 is 5.76. The first-order valence-corrected chi connectivity index (χ1v) is 5.04. The number of carbonyl (C=O) groups is 1. The molecule has 1 aromatic rings. The Bertz CT molecular complexity index is 374. The Hall–Kier alpha value is -1.17. The molecule has 6 heteroatoms. The quantitative estimate of drug-likeness (QED) is 0.772. The van der Waals surface area contributed by atoms with Crippen molar-refractivity contribution in [3.63, 3.8) is 0 Å². The summed E-state index contributed by atoms with van der Waals surface area (Å²) in [4.78, 5) is 11.3. The van der Waals surface area contributed by atoms with Crippen molar-refractivity contribution in [2.45, 2.75) is 0 Å². The number of benzene rings is 1. The molecule has 0 fully saturated rings. The molecule has 88 valence electrons. The number of nitrogens with two attached hydrogens (primary N) is 1. The lowest BCUT2D eigenvalue weighted by molar-refractivity contribution is -0.120. The Labute approximate surface area is 97.5 Å². The van der Waals surface area contributed by atoms with Crippen LogP contribution in [-0.2, 0) is 9.53 Å². The summed E-state index contributed by atoms with van der Waals surface area (Å²) in [6, 6.07) is 3.72. The van der Waals surface area contributed by atoms with Crippen LogP contribution in [-0.4, -0.2) is 25.7 Å². The Kier molecular flexibility index (Phi) is 5.18. The van der Waals surface area contributed by atoms with E-state index in [0.29, 0.717) is 13.2 Å². The van der Waals surface area contributed by atoms with Gasteiger partial charge in [0, 0.05) is 6.54 Å². The normalized spacial score (nSPS) is 10.2. The minimum atomic E-state index is -0.470. The van der Waals surface area contributed by atoms with E-state index in [9.17, 15) is 9.18 Å². The second-order valence-electron chi connectivity index (χ2n) is 3.01. The van der Waals surface area contributed by atoms with E-state index in [1.54, 1.807) is 0 Å². The van der Waals surface area contributed by atoms with Crippen LogP contribution in [0.2, 0.25) is 5.02 Å². The van der Waals surface area contributed by atoms with E-state index >= 15 is 0 Å². The van der Waals surface area contributed by atoms with Crippen LogP contribution in [0.4, 0.5) is 10.1 Å². The molecule has 0 unspecified atom stereocenters. The van der Waals surface area contributed by atoms with Gasteiger partial charge in [-0.2, -0.15) is 0 Å². The van der Waals surface area contributed by atoms with Gasteiger partial charge >= 0.3 is 0 Å². The third kappa shape index (κ3) is 4.14. The first-order valence-electron chi connectivity index (χ1n) is 4.66. The number of hydrogen-bond donors (Lipinski definition) is 2. The van der Waals surface area contributed by atoms with Crippen molar-refractivity contribution in [2.75, 3.05) is 25.1 Å². The molecule has 1 rings (SSSR count). The molecule has 0 aliphatic rings. The molecule has 0 saturated carbocycles. The van der Waals surface area contributed by atoms with E-state index in [0.717, 1.165) is 6.07 Å². The molecule has 1 aromatic carbocycles. The van der Waals surface area contributed by atoms with Crippen LogP contribution in [0.3, 0.4) is 0 Å². The maximum absolute atomic E-state index is 12.8. The topological polar surface area (TPSA) is 64.3 Å². The maximum Gasteiger partial charge on any atom is 0.250 e. The van der Waals surface area contributed by atoms with Gasteiger partial charge in [0.15, 0.2) is 0 Å². The lowest BCUT2D eigenvalue weighted by Crippen LogP contribution is -2.20. The van der Waals surface area contributed by atoms with Crippen LogP contribution in [0, 0.1) is 5.82 Å². The summed E-state index contributed by atoms with van der Waals surface area (Å²) in [6.07, 6.45) is 0. The summed E-state index contributed by atoms with van der Waals surface area (Å²) < 4.78 is 17.8. The van der Waals surface area contributed by atoms with Gasteiger partial charge in [0.25, 0.3) is 0 Å². The van der Waals surface area contributed by atoms with Gasteiger partial charge < -0.3 is 15.8 Å². The van der Waals surface area contributed by atoms with Crippen LogP contribution < -0.4 is 11.1 Å². The zero-order valence-electron chi connectivity index (χ0n) is 8.50. The molecule has 0 saturated heterocycles. The zero-order chi connectivity index (χ0) is 12.0. The molecular formula is C10H12ClFN2O2.